The number of hydrogen-bond donors (Lipinski definition) is 4. The Kier molecular flexibility index (Phi) is 10.8. The lowest BCUT2D eigenvalue weighted by Gasteiger charge is -2.20. The molecule has 4 N–H and O–H groups in total. The smallest absolute Gasteiger partial charge is 0.305 e. The number of aliphatic hydroxyl groups excluding tert-OH is 2. The van der Waals surface area contributed by atoms with Crippen LogP contribution >= 0.6 is 0 Å². The van der Waals surface area contributed by atoms with E-state index in [9.17, 15) is 37.0 Å². The summed E-state index contributed by atoms with van der Waals surface area (Å²) in [4.78, 5) is 25.0. The number of carboxylic acid groups (broad SMARTS) is 1. The third-order valence-corrected chi connectivity index (χ3v) is 8.87. The Labute approximate surface area is 266 Å². The molecule has 0 bridgehead atoms. The summed E-state index contributed by atoms with van der Waals surface area (Å²) < 4.78 is 58.8. The summed E-state index contributed by atoms with van der Waals surface area (Å²) in [5, 5.41) is 29.8. The topological polar surface area (TPSA) is 146 Å². The van der Waals surface area contributed by atoms with Crippen LogP contribution in [0.1, 0.15) is 60.6 Å². The number of sulfonamides is 1. The number of carbonyl (C=O) groups excluding carboxylic acids is 1. The molecular weight excluding hydrogens is 618 g/mol. The first kappa shape index (κ1) is 34.5. The molecule has 244 valence electrons. The lowest BCUT2D eigenvalue weighted by molar-refractivity contribution is -0.139. The molecule has 1 aromatic heterocycles. The van der Waals surface area contributed by atoms with Crippen LogP contribution in [-0.4, -0.2) is 52.4 Å². The number of aromatic nitrogens is 1. The molecule has 0 unspecified atom stereocenters. The second kappa shape index (κ2) is 14.4. The summed E-state index contributed by atoms with van der Waals surface area (Å²) in [7, 11) is -4.33. The molecule has 4 rings (SSSR count). The van der Waals surface area contributed by atoms with E-state index in [0.717, 1.165) is 5.56 Å². The molecule has 0 spiro atoms. The summed E-state index contributed by atoms with van der Waals surface area (Å²) >= 11 is 0. The number of benzene rings is 3. The first-order valence-electron chi connectivity index (χ1n) is 14.7. The largest absolute Gasteiger partial charge is 0.481 e. The quantitative estimate of drug-likeness (QED) is 0.146. The minimum absolute atomic E-state index is 0.00276. The SMILES string of the molecule is Cc1ccc(S(=O)(=O)NC(=O)c2c(-c3ccc(F)cc3)c(-c3ccc(F)cc3)n(CC[C@@H](O)C[C@@H](O)CC(=O)O)c2C(C)C)cc1. The number of aryl methyl sites for hydroxylation is 1. The van der Waals surface area contributed by atoms with Crippen molar-refractivity contribution in [2.75, 3.05) is 0 Å². The second-order valence-electron chi connectivity index (χ2n) is 11.5. The zero-order valence-electron chi connectivity index (χ0n) is 25.6. The van der Waals surface area contributed by atoms with Crippen molar-refractivity contribution in [2.24, 2.45) is 0 Å². The van der Waals surface area contributed by atoms with Crippen molar-refractivity contribution in [1.82, 2.24) is 9.29 Å². The Morgan fingerprint density at radius 1 is 0.848 bits per heavy atom. The van der Waals surface area contributed by atoms with Crippen molar-refractivity contribution >= 4 is 21.9 Å². The predicted molar refractivity (Wildman–Crippen MR) is 169 cm³/mol. The van der Waals surface area contributed by atoms with Gasteiger partial charge in [-0.1, -0.05) is 43.7 Å². The van der Waals surface area contributed by atoms with Crippen molar-refractivity contribution in [3.05, 3.63) is 101 Å². The van der Waals surface area contributed by atoms with Gasteiger partial charge in [0.15, 0.2) is 0 Å². The number of carbonyl (C=O) groups is 2. The van der Waals surface area contributed by atoms with Gasteiger partial charge in [0.1, 0.15) is 11.6 Å². The van der Waals surface area contributed by atoms with Crippen LogP contribution in [0.3, 0.4) is 0 Å². The highest BCUT2D eigenvalue weighted by molar-refractivity contribution is 7.90. The van der Waals surface area contributed by atoms with Crippen molar-refractivity contribution in [3.8, 4) is 22.4 Å². The molecular formula is C34H36F2N2O7S. The fourth-order valence-electron chi connectivity index (χ4n) is 5.45. The van der Waals surface area contributed by atoms with E-state index < -0.39 is 58.1 Å². The first-order valence-corrected chi connectivity index (χ1v) is 16.2. The summed E-state index contributed by atoms with van der Waals surface area (Å²) in [5.41, 5.74) is 2.73. The van der Waals surface area contributed by atoms with Gasteiger partial charge in [-0.2, -0.15) is 0 Å². The molecule has 0 saturated carbocycles. The molecule has 0 aliphatic carbocycles. The van der Waals surface area contributed by atoms with Gasteiger partial charge in [0, 0.05) is 17.8 Å². The van der Waals surface area contributed by atoms with Crippen LogP contribution in [0.4, 0.5) is 8.78 Å². The van der Waals surface area contributed by atoms with E-state index in [-0.39, 0.29) is 35.4 Å². The maximum absolute atomic E-state index is 14.1. The van der Waals surface area contributed by atoms with Crippen LogP contribution in [0.15, 0.2) is 77.7 Å². The highest BCUT2D eigenvalue weighted by atomic mass is 32.2. The van der Waals surface area contributed by atoms with Gasteiger partial charge in [0.05, 0.1) is 34.8 Å². The normalized spacial score (nSPS) is 13.0. The summed E-state index contributed by atoms with van der Waals surface area (Å²) in [6, 6.07) is 16.7. The van der Waals surface area contributed by atoms with Gasteiger partial charge < -0.3 is 19.9 Å². The molecule has 2 atom stereocenters. The Balaban J connectivity index is 1.93. The number of aliphatic carboxylic acids is 1. The van der Waals surface area contributed by atoms with Crippen LogP contribution < -0.4 is 4.72 Å². The minimum Gasteiger partial charge on any atom is -0.481 e. The second-order valence-corrected chi connectivity index (χ2v) is 13.2. The third-order valence-electron chi connectivity index (χ3n) is 7.53. The van der Waals surface area contributed by atoms with E-state index >= 15 is 0 Å². The number of nitrogens with one attached hydrogen (secondary N) is 1. The van der Waals surface area contributed by atoms with E-state index in [0.29, 0.717) is 22.5 Å². The predicted octanol–water partition coefficient (Wildman–Crippen LogP) is 5.63. The fourth-order valence-corrected chi connectivity index (χ4v) is 6.41. The van der Waals surface area contributed by atoms with Crippen molar-refractivity contribution in [3.63, 3.8) is 0 Å². The molecule has 0 saturated heterocycles. The maximum Gasteiger partial charge on any atom is 0.305 e. The van der Waals surface area contributed by atoms with Gasteiger partial charge in [-0.25, -0.2) is 21.9 Å². The van der Waals surface area contributed by atoms with Crippen LogP contribution in [0.25, 0.3) is 22.4 Å². The fraction of sp³-hybridized carbons (Fsp3) is 0.294. The Bertz CT molecular complexity index is 1800. The number of hydrogen-bond acceptors (Lipinski definition) is 6. The molecule has 4 aromatic rings. The standard InChI is InChI=1S/C34H36F2N2O7S/c1-20(2)32-31(34(43)37-46(44,45)28-14-4-21(3)5-15-28)30(22-6-10-24(35)11-7-22)33(23-8-12-25(36)13-9-23)38(32)17-16-26(39)18-27(40)19-29(41)42/h4-15,20,26-27,39-40H,16-19H2,1-3H3,(H,37,43)(H,41,42)/t26-,27-/m1/s1. The molecule has 9 nitrogen and oxygen atoms in total. The van der Waals surface area contributed by atoms with Crippen LogP contribution in [-0.2, 0) is 21.4 Å². The molecule has 0 aliphatic heterocycles. The molecule has 1 amide bonds. The number of amides is 1. The highest BCUT2D eigenvalue weighted by Crippen LogP contribution is 2.42. The molecule has 0 fully saturated rings. The van der Waals surface area contributed by atoms with Crippen molar-refractivity contribution in [2.45, 2.75) is 69.6 Å². The molecule has 0 aliphatic rings. The lowest BCUT2D eigenvalue weighted by atomic mass is 9.94. The van der Waals surface area contributed by atoms with Gasteiger partial charge in [0.25, 0.3) is 15.9 Å². The van der Waals surface area contributed by atoms with Crippen LogP contribution in [0.5, 0.6) is 0 Å². The zero-order valence-corrected chi connectivity index (χ0v) is 26.4. The Morgan fingerprint density at radius 3 is 1.91 bits per heavy atom. The maximum atomic E-state index is 14.1. The lowest BCUT2D eigenvalue weighted by Crippen LogP contribution is -2.31. The van der Waals surface area contributed by atoms with Crippen molar-refractivity contribution in [1.29, 1.82) is 0 Å². The number of halogens is 2. The monoisotopic (exact) mass is 654 g/mol. The summed E-state index contributed by atoms with van der Waals surface area (Å²) in [6.45, 7) is 5.44. The molecule has 3 aromatic carbocycles. The third kappa shape index (κ3) is 8.06. The van der Waals surface area contributed by atoms with E-state index in [1.807, 2.05) is 0 Å². The van der Waals surface area contributed by atoms with Gasteiger partial charge >= 0.3 is 5.97 Å². The van der Waals surface area contributed by atoms with E-state index in [1.54, 1.807) is 37.5 Å². The summed E-state index contributed by atoms with van der Waals surface area (Å²) in [5.74, 6) is -3.61. The van der Waals surface area contributed by atoms with Gasteiger partial charge in [-0.05, 0) is 85.3 Å². The van der Waals surface area contributed by atoms with Gasteiger partial charge in [-0.15, -0.1) is 0 Å². The number of carboxylic acids is 1. The average molecular weight is 655 g/mol. The van der Waals surface area contributed by atoms with Gasteiger partial charge in [-0.3, -0.25) is 9.59 Å². The molecule has 46 heavy (non-hydrogen) atoms. The Morgan fingerprint density at radius 2 is 1.39 bits per heavy atom. The zero-order chi connectivity index (χ0) is 33.8. The van der Waals surface area contributed by atoms with Crippen molar-refractivity contribution < 1.29 is 42.1 Å². The molecule has 12 heteroatoms. The number of nitrogens with zero attached hydrogens (tertiary/aromatic N) is 1. The van der Waals surface area contributed by atoms with E-state index in [4.69, 9.17) is 5.11 Å². The highest BCUT2D eigenvalue weighted by Gasteiger charge is 2.33. The Hall–Kier alpha value is -4.39. The number of aliphatic hydroxyl groups is 2. The molecule has 0 radical (unpaired) electrons. The number of rotatable bonds is 13. The molecule has 1 heterocycles. The van der Waals surface area contributed by atoms with Crippen LogP contribution in [0.2, 0.25) is 0 Å². The van der Waals surface area contributed by atoms with E-state index in [1.165, 1.54) is 60.7 Å². The van der Waals surface area contributed by atoms with E-state index in [2.05, 4.69) is 4.72 Å². The van der Waals surface area contributed by atoms with Crippen LogP contribution in [0, 0.1) is 18.6 Å². The summed E-state index contributed by atoms with van der Waals surface area (Å²) in [6.07, 6.45) is -3.17. The average Bonchev–Trinajstić information content (AvgIpc) is 3.32. The minimum atomic E-state index is -4.33. The van der Waals surface area contributed by atoms with Gasteiger partial charge in [0.2, 0.25) is 0 Å². The first-order chi connectivity index (χ1) is 21.7.